The number of nitrogens with zero attached hydrogens (tertiary/aromatic N) is 1. The Bertz CT molecular complexity index is 1100. The van der Waals surface area contributed by atoms with E-state index in [4.69, 9.17) is 0 Å². The summed E-state index contributed by atoms with van der Waals surface area (Å²) >= 11 is 0. The molecule has 0 aliphatic rings. The number of rotatable bonds is 3. The van der Waals surface area contributed by atoms with Gasteiger partial charge in [0.05, 0.1) is 0 Å². The first kappa shape index (κ1) is 15.9. The van der Waals surface area contributed by atoms with Crippen molar-refractivity contribution in [3.05, 3.63) is 90.5 Å². The summed E-state index contributed by atoms with van der Waals surface area (Å²) in [5, 5.41) is 22.3. The van der Waals surface area contributed by atoms with Crippen molar-refractivity contribution in [2.45, 2.75) is 0 Å². The smallest absolute Gasteiger partial charge is 0.141 e. The molecule has 4 rings (SSSR count). The van der Waals surface area contributed by atoms with Gasteiger partial charge >= 0.3 is 0 Å². The number of hydrogen-bond donors (Lipinski definition) is 2. The number of benzene rings is 4. The highest BCUT2D eigenvalue weighted by atomic mass is 16.3. The Labute approximate surface area is 151 Å². The van der Waals surface area contributed by atoms with Crippen molar-refractivity contribution in [3.8, 4) is 22.6 Å². The van der Waals surface area contributed by atoms with Gasteiger partial charge in [0, 0.05) is 11.8 Å². The maximum atomic E-state index is 10.2. The summed E-state index contributed by atoms with van der Waals surface area (Å²) in [6, 6.07) is 26.6. The Kier molecular flexibility index (Phi) is 4.12. The van der Waals surface area contributed by atoms with Crippen LogP contribution < -0.4 is 0 Å². The van der Waals surface area contributed by atoms with Crippen molar-refractivity contribution in [1.29, 1.82) is 0 Å². The molecule has 0 radical (unpaired) electrons. The number of phenolic OH excluding ortho intramolecular Hbond substituents is 2. The van der Waals surface area contributed by atoms with E-state index in [1.807, 2.05) is 72.8 Å². The average molecular weight is 339 g/mol. The molecule has 0 fully saturated rings. The monoisotopic (exact) mass is 339 g/mol. The van der Waals surface area contributed by atoms with Gasteiger partial charge in [-0.05, 0) is 40.1 Å². The molecule has 3 heteroatoms. The third kappa shape index (κ3) is 3.03. The lowest BCUT2D eigenvalue weighted by Crippen LogP contribution is -1.86. The van der Waals surface area contributed by atoms with Gasteiger partial charge in [-0.3, -0.25) is 4.99 Å². The summed E-state index contributed by atoms with van der Waals surface area (Å²) in [7, 11) is 0. The molecular weight excluding hydrogens is 322 g/mol. The molecule has 0 amide bonds. The fraction of sp³-hybridized carbons (Fsp3) is 0. The van der Waals surface area contributed by atoms with E-state index >= 15 is 0 Å². The van der Waals surface area contributed by atoms with Gasteiger partial charge in [-0.15, -0.1) is 0 Å². The summed E-state index contributed by atoms with van der Waals surface area (Å²) in [5.74, 6) is 0.256. The quantitative estimate of drug-likeness (QED) is 0.473. The second kappa shape index (κ2) is 6.73. The Morgan fingerprint density at radius 3 is 2.23 bits per heavy atom. The van der Waals surface area contributed by atoms with E-state index in [0.717, 1.165) is 21.9 Å². The highest BCUT2D eigenvalue weighted by Gasteiger charge is 2.06. The number of hydrogen-bond acceptors (Lipinski definition) is 3. The van der Waals surface area contributed by atoms with Crippen LogP contribution in [-0.4, -0.2) is 16.4 Å². The number of phenols is 2. The molecule has 0 aromatic heterocycles. The lowest BCUT2D eigenvalue weighted by atomic mass is 10.0. The van der Waals surface area contributed by atoms with Crippen molar-refractivity contribution in [1.82, 2.24) is 0 Å². The van der Waals surface area contributed by atoms with Crippen LogP contribution >= 0.6 is 0 Å². The van der Waals surface area contributed by atoms with E-state index in [1.165, 1.54) is 0 Å². The summed E-state index contributed by atoms with van der Waals surface area (Å²) in [5.41, 5.74) is 3.11. The standard InChI is InChI=1S/C23H17NO2/c25-22-12-10-17-8-4-5-9-19(17)20(22)15-24-21-14-18(11-13-23(21)26)16-6-2-1-3-7-16/h1-15,25-26H/b24-15-. The predicted octanol–water partition coefficient (Wildman–Crippen LogP) is 5.67. The van der Waals surface area contributed by atoms with Crippen molar-refractivity contribution in [2.75, 3.05) is 0 Å². The molecule has 0 aliphatic carbocycles. The minimum atomic E-state index is 0.0978. The Hall–Kier alpha value is -3.59. The molecule has 0 heterocycles. The van der Waals surface area contributed by atoms with Gasteiger partial charge in [-0.2, -0.15) is 0 Å². The highest BCUT2D eigenvalue weighted by Crippen LogP contribution is 2.33. The summed E-state index contributed by atoms with van der Waals surface area (Å²) in [6.07, 6.45) is 1.60. The van der Waals surface area contributed by atoms with Gasteiger partial charge in [0.25, 0.3) is 0 Å². The van der Waals surface area contributed by atoms with Crippen LogP contribution in [0.2, 0.25) is 0 Å². The van der Waals surface area contributed by atoms with Crippen molar-refractivity contribution in [2.24, 2.45) is 4.99 Å². The van der Waals surface area contributed by atoms with Crippen LogP contribution in [0.4, 0.5) is 5.69 Å². The molecule has 126 valence electrons. The van der Waals surface area contributed by atoms with Gasteiger partial charge in [-0.25, -0.2) is 0 Å². The largest absolute Gasteiger partial charge is 0.507 e. The van der Waals surface area contributed by atoms with Crippen molar-refractivity contribution < 1.29 is 10.2 Å². The molecule has 4 aromatic rings. The molecule has 0 atom stereocenters. The van der Waals surface area contributed by atoms with Gasteiger partial charge in [0.15, 0.2) is 0 Å². The minimum Gasteiger partial charge on any atom is -0.507 e. The van der Waals surface area contributed by atoms with E-state index in [0.29, 0.717) is 11.3 Å². The molecule has 26 heavy (non-hydrogen) atoms. The molecule has 0 unspecified atom stereocenters. The van der Waals surface area contributed by atoms with Crippen molar-refractivity contribution in [3.63, 3.8) is 0 Å². The Morgan fingerprint density at radius 2 is 1.38 bits per heavy atom. The first-order chi connectivity index (χ1) is 12.7. The fourth-order valence-electron chi connectivity index (χ4n) is 2.99. The van der Waals surface area contributed by atoms with E-state index in [-0.39, 0.29) is 11.5 Å². The maximum Gasteiger partial charge on any atom is 0.141 e. The minimum absolute atomic E-state index is 0.0978. The van der Waals surface area contributed by atoms with Crippen LogP contribution in [0.25, 0.3) is 21.9 Å². The second-order valence-corrected chi connectivity index (χ2v) is 6.05. The number of aliphatic imine (C=N–C) groups is 1. The van der Waals surface area contributed by atoms with Gasteiger partial charge in [0.2, 0.25) is 0 Å². The highest BCUT2D eigenvalue weighted by molar-refractivity contribution is 6.03. The van der Waals surface area contributed by atoms with Crippen LogP contribution in [0.15, 0.2) is 89.9 Å². The van der Waals surface area contributed by atoms with Gasteiger partial charge in [0.1, 0.15) is 17.2 Å². The molecule has 0 spiro atoms. The summed E-state index contributed by atoms with van der Waals surface area (Å²) < 4.78 is 0. The first-order valence-corrected chi connectivity index (χ1v) is 8.35. The SMILES string of the molecule is Oc1ccc(-c2ccccc2)cc1/N=C\c1c(O)ccc2ccccc12. The second-order valence-electron chi connectivity index (χ2n) is 6.05. The zero-order chi connectivity index (χ0) is 17.9. The topological polar surface area (TPSA) is 52.8 Å². The molecule has 0 saturated heterocycles. The average Bonchev–Trinajstić information content (AvgIpc) is 2.69. The molecule has 0 saturated carbocycles. The summed E-state index contributed by atoms with van der Waals surface area (Å²) in [6.45, 7) is 0. The lowest BCUT2D eigenvalue weighted by molar-refractivity contribution is 0.474. The van der Waals surface area contributed by atoms with E-state index < -0.39 is 0 Å². The van der Waals surface area contributed by atoms with Crippen LogP contribution in [-0.2, 0) is 0 Å². The molecule has 0 aliphatic heterocycles. The normalized spacial score (nSPS) is 11.2. The maximum absolute atomic E-state index is 10.2. The third-order valence-corrected chi connectivity index (χ3v) is 4.36. The number of fused-ring (bicyclic) bond motifs is 1. The van der Waals surface area contributed by atoms with E-state index in [9.17, 15) is 10.2 Å². The number of aromatic hydroxyl groups is 2. The fourth-order valence-corrected chi connectivity index (χ4v) is 2.99. The summed E-state index contributed by atoms with van der Waals surface area (Å²) in [4.78, 5) is 4.44. The molecule has 4 aromatic carbocycles. The van der Waals surface area contributed by atoms with Crippen molar-refractivity contribution >= 4 is 22.7 Å². The third-order valence-electron chi connectivity index (χ3n) is 4.36. The zero-order valence-corrected chi connectivity index (χ0v) is 14.0. The molecular formula is C23H17NO2. The van der Waals surface area contributed by atoms with E-state index in [1.54, 1.807) is 18.3 Å². The first-order valence-electron chi connectivity index (χ1n) is 8.35. The van der Waals surface area contributed by atoms with Crippen LogP contribution in [0.5, 0.6) is 11.5 Å². The van der Waals surface area contributed by atoms with Crippen LogP contribution in [0.3, 0.4) is 0 Å². The van der Waals surface area contributed by atoms with Gasteiger partial charge < -0.3 is 10.2 Å². The lowest BCUT2D eigenvalue weighted by Gasteiger charge is -2.06. The van der Waals surface area contributed by atoms with Crippen LogP contribution in [0.1, 0.15) is 5.56 Å². The van der Waals surface area contributed by atoms with Gasteiger partial charge in [-0.1, -0.05) is 66.7 Å². The van der Waals surface area contributed by atoms with E-state index in [2.05, 4.69) is 4.99 Å². The predicted molar refractivity (Wildman–Crippen MR) is 106 cm³/mol. The molecule has 0 bridgehead atoms. The zero-order valence-electron chi connectivity index (χ0n) is 14.0. The van der Waals surface area contributed by atoms with Crippen LogP contribution in [0, 0.1) is 0 Å². The Balaban J connectivity index is 1.77. The molecule has 3 nitrogen and oxygen atoms in total. The Morgan fingerprint density at radius 1 is 0.654 bits per heavy atom. The molecule has 2 N–H and O–H groups in total.